The van der Waals surface area contributed by atoms with Crippen LogP contribution in [0.2, 0.25) is 0 Å². The van der Waals surface area contributed by atoms with Gasteiger partial charge in [-0.15, -0.1) is 11.8 Å². The minimum absolute atomic E-state index is 0.0455. The third-order valence-electron chi connectivity index (χ3n) is 8.31. The Bertz CT molecular complexity index is 1180. The van der Waals surface area contributed by atoms with Crippen LogP contribution in [0.3, 0.4) is 0 Å². The van der Waals surface area contributed by atoms with Crippen molar-refractivity contribution in [3.05, 3.63) is 46.8 Å². The molecular formula is C27H33FN4O3S. The van der Waals surface area contributed by atoms with E-state index in [-0.39, 0.29) is 31.3 Å². The zero-order valence-electron chi connectivity index (χ0n) is 20.6. The maximum Gasteiger partial charge on any atom is 0.274 e. The molecule has 4 atom stereocenters. The van der Waals surface area contributed by atoms with E-state index in [0.717, 1.165) is 50.0 Å². The maximum atomic E-state index is 14.1. The molecule has 2 saturated heterocycles. The van der Waals surface area contributed by atoms with Crippen molar-refractivity contribution in [2.75, 3.05) is 26.2 Å². The molecule has 6 rings (SSSR count). The van der Waals surface area contributed by atoms with Gasteiger partial charge < -0.3 is 14.9 Å². The van der Waals surface area contributed by atoms with E-state index in [0.29, 0.717) is 29.3 Å². The van der Waals surface area contributed by atoms with Crippen LogP contribution in [0.25, 0.3) is 0 Å². The summed E-state index contributed by atoms with van der Waals surface area (Å²) < 4.78 is 15.8. The van der Waals surface area contributed by atoms with Crippen molar-refractivity contribution in [3.8, 4) is 0 Å². The Balaban J connectivity index is 1.11. The van der Waals surface area contributed by atoms with Gasteiger partial charge in [-0.25, -0.2) is 4.39 Å². The van der Waals surface area contributed by atoms with Crippen LogP contribution in [0.1, 0.15) is 58.9 Å². The lowest BCUT2D eigenvalue weighted by Gasteiger charge is -2.32. The molecule has 0 unspecified atom stereocenters. The van der Waals surface area contributed by atoms with Crippen molar-refractivity contribution in [3.63, 3.8) is 0 Å². The second kappa shape index (κ2) is 9.49. The molecule has 2 aromatic rings. The number of alkyl halides is 1. The highest BCUT2D eigenvalue weighted by atomic mass is 32.2. The van der Waals surface area contributed by atoms with Crippen molar-refractivity contribution >= 4 is 23.6 Å². The number of hydrogen-bond acceptors (Lipinski definition) is 5. The number of likely N-dealkylation sites (tertiary alicyclic amines) is 2. The van der Waals surface area contributed by atoms with Gasteiger partial charge in [0, 0.05) is 41.0 Å². The lowest BCUT2D eigenvalue weighted by molar-refractivity contribution is -0.132. The molecule has 9 heteroatoms. The third kappa shape index (κ3) is 4.45. The number of rotatable bonds is 5. The molecule has 1 saturated carbocycles. The monoisotopic (exact) mass is 512 g/mol. The number of aliphatic hydroxyl groups is 1. The van der Waals surface area contributed by atoms with Crippen molar-refractivity contribution in [1.82, 2.24) is 19.6 Å². The molecule has 0 spiro atoms. The van der Waals surface area contributed by atoms with E-state index in [4.69, 9.17) is 0 Å². The summed E-state index contributed by atoms with van der Waals surface area (Å²) >= 11 is 1.91. The highest BCUT2D eigenvalue weighted by molar-refractivity contribution is 8.00. The summed E-state index contributed by atoms with van der Waals surface area (Å²) in [5.74, 6) is 0.656. The first-order valence-electron chi connectivity index (χ1n) is 13.1. The summed E-state index contributed by atoms with van der Waals surface area (Å²) in [6.45, 7) is 3.97. The highest BCUT2D eigenvalue weighted by Gasteiger charge is 2.51. The smallest absolute Gasteiger partial charge is 0.274 e. The van der Waals surface area contributed by atoms with E-state index >= 15 is 0 Å². The zero-order valence-corrected chi connectivity index (χ0v) is 21.4. The van der Waals surface area contributed by atoms with Crippen LogP contribution in [-0.4, -0.2) is 80.2 Å². The molecule has 3 heterocycles. The van der Waals surface area contributed by atoms with Crippen molar-refractivity contribution in [1.29, 1.82) is 0 Å². The summed E-state index contributed by atoms with van der Waals surface area (Å²) in [4.78, 5) is 31.2. The Morgan fingerprint density at radius 1 is 1.14 bits per heavy atom. The number of aryl methyl sites for hydroxylation is 1. The predicted molar refractivity (Wildman–Crippen MR) is 135 cm³/mol. The summed E-state index contributed by atoms with van der Waals surface area (Å²) in [6, 6.07) is 8.43. The highest BCUT2D eigenvalue weighted by Crippen LogP contribution is 2.57. The summed E-state index contributed by atoms with van der Waals surface area (Å²) in [5, 5.41) is 14.8. The van der Waals surface area contributed by atoms with Crippen molar-refractivity contribution in [2.24, 2.45) is 5.92 Å². The lowest BCUT2D eigenvalue weighted by atomic mass is 10.0. The van der Waals surface area contributed by atoms with E-state index in [1.807, 2.05) is 16.7 Å². The molecule has 7 nitrogen and oxygen atoms in total. The van der Waals surface area contributed by atoms with E-state index in [9.17, 15) is 19.1 Å². The van der Waals surface area contributed by atoms with Gasteiger partial charge in [0.25, 0.3) is 5.91 Å². The number of benzene rings is 1. The molecule has 36 heavy (non-hydrogen) atoms. The van der Waals surface area contributed by atoms with Gasteiger partial charge in [-0.05, 0) is 62.5 Å². The van der Waals surface area contributed by atoms with Gasteiger partial charge in [0.05, 0.1) is 12.6 Å². The molecule has 0 bridgehead atoms. The SMILES string of the molecule is Cc1ccccc1SC1CCN(C(=O)Cn2nc(C(=O)N3CC[C@@H](O)[C@@H](F)C3)c3c2C[C@H]2C[C@@H]32)CC1. The number of nitrogens with zero attached hydrogens (tertiary/aromatic N) is 4. The standard InChI is InChI=1S/C27H33FN4O3S/c1-16-4-2-3-5-23(16)36-18-6-9-30(10-7-18)24(34)15-32-21-13-17-12-19(17)25(21)26(29-32)27(35)31-11-8-22(33)20(28)14-31/h2-5,17-20,22,33H,6-15H2,1H3/t17-,19-,20+,22-/m1/s1. The number of amides is 2. The number of piperidine rings is 2. The van der Waals surface area contributed by atoms with Crippen LogP contribution in [-0.2, 0) is 17.8 Å². The first-order chi connectivity index (χ1) is 17.4. The molecular weight excluding hydrogens is 479 g/mol. The Morgan fingerprint density at radius 3 is 2.64 bits per heavy atom. The summed E-state index contributed by atoms with van der Waals surface area (Å²) in [5.41, 5.74) is 3.67. The fraction of sp³-hybridized carbons (Fsp3) is 0.593. The Morgan fingerprint density at radius 2 is 1.89 bits per heavy atom. The van der Waals surface area contributed by atoms with Gasteiger partial charge in [-0.2, -0.15) is 5.10 Å². The molecule has 1 N–H and O–H groups in total. The Kier molecular flexibility index (Phi) is 6.32. The van der Waals surface area contributed by atoms with Crippen LogP contribution in [0.15, 0.2) is 29.2 Å². The molecule has 2 aliphatic carbocycles. The quantitative estimate of drug-likeness (QED) is 0.666. The molecule has 1 aromatic carbocycles. The summed E-state index contributed by atoms with van der Waals surface area (Å²) in [7, 11) is 0. The molecule has 2 aliphatic heterocycles. The van der Waals surface area contributed by atoms with E-state index in [1.54, 1.807) is 4.68 Å². The average Bonchev–Trinajstić information content (AvgIpc) is 3.40. The maximum absolute atomic E-state index is 14.1. The van der Waals surface area contributed by atoms with Gasteiger partial charge in [0.2, 0.25) is 5.91 Å². The number of aliphatic hydroxyl groups excluding tert-OH is 1. The minimum Gasteiger partial charge on any atom is -0.390 e. The van der Waals surface area contributed by atoms with Crippen LogP contribution in [0.5, 0.6) is 0 Å². The number of hydrogen-bond donors (Lipinski definition) is 1. The van der Waals surface area contributed by atoms with Crippen LogP contribution >= 0.6 is 11.8 Å². The first-order valence-corrected chi connectivity index (χ1v) is 14.0. The van der Waals surface area contributed by atoms with E-state index in [1.165, 1.54) is 15.4 Å². The van der Waals surface area contributed by atoms with Gasteiger partial charge in [0.15, 0.2) is 5.69 Å². The molecule has 2 amide bonds. The van der Waals surface area contributed by atoms with E-state index in [2.05, 4.69) is 36.3 Å². The number of fused-ring (bicyclic) bond motifs is 3. The number of carbonyl (C=O) groups excluding carboxylic acids is 2. The molecule has 0 radical (unpaired) electrons. The van der Waals surface area contributed by atoms with Gasteiger partial charge in [-0.1, -0.05) is 18.2 Å². The fourth-order valence-corrected chi connectivity index (χ4v) is 7.24. The van der Waals surface area contributed by atoms with Crippen molar-refractivity contribution < 1.29 is 19.1 Å². The molecule has 192 valence electrons. The molecule has 3 fully saturated rings. The predicted octanol–water partition coefficient (Wildman–Crippen LogP) is 3.18. The van der Waals surface area contributed by atoms with E-state index < -0.39 is 12.3 Å². The average molecular weight is 513 g/mol. The van der Waals surface area contributed by atoms with Crippen molar-refractivity contribution in [2.45, 2.75) is 73.9 Å². The number of halogens is 1. The topological polar surface area (TPSA) is 78.7 Å². The third-order valence-corrected chi connectivity index (χ3v) is 9.83. The van der Waals surface area contributed by atoms with Crippen LogP contribution < -0.4 is 0 Å². The fourth-order valence-electron chi connectivity index (χ4n) is 6.03. The van der Waals surface area contributed by atoms with Crippen LogP contribution in [0, 0.1) is 12.8 Å². The normalized spacial score (nSPS) is 27.6. The number of carbonyl (C=O) groups is 2. The second-order valence-corrected chi connectivity index (χ2v) is 12.1. The second-order valence-electron chi connectivity index (χ2n) is 10.8. The lowest BCUT2D eigenvalue weighted by Crippen LogP contribution is -2.47. The van der Waals surface area contributed by atoms with Gasteiger partial charge in [-0.3, -0.25) is 14.3 Å². The Labute approximate surface area is 215 Å². The van der Waals surface area contributed by atoms with Gasteiger partial charge >= 0.3 is 0 Å². The Hall–Kier alpha value is -2.39. The summed E-state index contributed by atoms with van der Waals surface area (Å²) in [6.07, 6.45) is 1.62. The minimum atomic E-state index is -1.43. The van der Waals surface area contributed by atoms with Gasteiger partial charge in [0.1, 0.15) is 12.7 Å². The first kappa shape index (κ1) is 24.0. The zero-order chi connectivity index (χ0) is 25.0. The largest absolute Gasteiger partial charge is 0.390 e. The molecule has 1 aromatic heterocycles. The molecule has 4 aliphatic rings. The van der Waals surface area contributed by atoms with Crippen LogP contribution in [0.4, 0.5) is 4.39 Å². The number of thioether (sulfide) groups is 1. The number of aromatic nitrogens is 2.